The van der Waals surface area contributed by atoms with Crippen LogP contribution < -0.4 is 10.2 Å². The number of aromatic nitrogens is 4. The van der Waals surface area contributed by atoms with E-state index in [1.165, 1.54) is 25.7 Å². The Morgan fingerprint density at radius 3 is 2.63 bits per heavy atom. The van der Waals surface area contributed by atoms with Crippen molar-refractivity contribution in [3.8, 4) is 0 Å². The van der Waals surface area contributed by atoms with E-state index in [4.69, 9.17) is 0 Å². The molecule has 0 saturated heterocycles. The standard InChI is InChI=1S/C19H27FN6O/c1-11-6-16(25-24-11)22-18-17(20)15(10-27)21-19(23-18)26(2)14-8-12-4-3-5-13(7-12)9-14/h6,12-14,27H,3-5,7-10H2,1-2H3,(H2,21,22,23,24,25)/t12-,13+,14?. The van der Waals surface area contributed by atoms with Gasteiger partial charge in [0.15, 0.2) is 17.5 Å². The lowest BCUT2D eigenvalue weighted by Gasteiger charge is -2.42. The Morgan fingerprint density at radius 1 is 1.26 bits per heavy atom. The van der Waals surface area contributed by atoms with E-state index in [2.05, 4.69) is 30.4 Å². The lowest BCUT2D eigenvalue weighted by molar-refractivity contribution is 0.168. The van der Waals surface area contributed by atoms with E-state index >= 15 is 0 Å². The Morgan fingerprint density at radius 2 is 2.00 bits per heavy atom. The van der Waals surface area contributed by atoms with E-state index in [1.54, 1.807) is 6.07 Å². The van der Waals surface area contributed by atoms with Crippen LogP contribution in [-0.4, -0.2) is 38.4 Å². The lowest BCUT2D eigenvalue weighted by atomic mass is 9.70. The molecule has 3 N–H and O–H groups in total. The van der Waals surface area contributed by atoms with Crippen LogP contribution >= 0.6 is 0 Å². The summed E-state index contributed by atoms with van der Waals surface area (Å²) in [5, 5.41) is 19.3. The fraction of sp³-hybridized carbons (Fsp3) is 0.632. The van der Waals surface area contributed by atoms with Crippen LogP contribution in [0.25, 0.3) is 0 Å². The Labute approximate surface area is 158 Å². The molecule has 7 nitrogen and oxygen atoms in total. The summed E-state index contributed by atoms with van der Waals surface area (Å²) in [6.07, 6.45) is 7.54. The van der Waals surface area contributed by atoms with Crippen LogP contribution in [0.15, 0.2) is 6.07 Å². The molecule has 2 heterocycles. The van der Waals surface area contributed by atoms with Crippen molar-refractivity contribution >= 4 is 17.6 Å². The molecule has 0 amide bonds. The van der Waals surface area contributed by atoms with Gasteiger partial charge in [-0.05, 0) is 38.0 Å². The van der Waals surface area contributed by atoms with Gasteiger partial charge in [-0.3, -0.25) is 5.10 Å². The fourth-order valence-corrected chi connectivity index (χ4v) is 4.61. The molecule has 3 atom stereocenters. The summed E-state index contributed by atoms with van der Waals surface area (Å²) in [7, 11) is 1.97. The third-order valence-electron chi connectivity index (χ3n) is 5.98. The van der Waals surface area contributed by atoms with Gasteiger partial charge in [-0.2, -0.15) is 10.1 Å². The van der Waals surface area contributed by atoms with Gasteiger partial charge in [0.2, 0.25) is 5.95 Å². The predicted octanol–water partition coefficient (Wildman–Crippen LogP) is 3.29. The molecule has 2 aromatic rings. The number of aliphatic hydroxyl groups is 1. The molecule has 2 aliphatic rings. The Bertz CT molecular complexity index is 797. The SMILES string of the molecule is Cc1cc(Nc2nc(N(C)C3C[C@H]4CCC[C@@H](C3)C4)nc(CO)c2F)n[nH]1. The molecule has 0 aliphatic heterocycles. The number of anilines is 3. The molecule has 1 unspecified atom stereocenters. The van der Waals surface area contributed by atoms with Gasteiger partial charge in [-0.15, -0.1) is 0 Å². The maximum Gasteiger partial charge on any atom is 0.227 e. The molecular formula is C19H27FN6O. The van der Waals surface area contributed by atoms with Crippen molar-refractivity contribution in [3.63, 3.8) is 0 Å². The van der Waals surface area contributed by atoms with E-state index < -0.39 is 12.4 Å². The second-order valence-electron chi connectivity index (χ2n) is 7.99. The number of aryl methyl sites for hydroxylation is 1. The van der Waals surface area contributed by atoms with Crippen molar-refractivity contribution in [1.82, 2.24) is 20.2 Å². The van der Waals surface area contributed by atoms with Gasteiger partial charge in [0.05, 0.1) is 6.61 Å². The molecule has 2 aromatic heterocycles. The van der Waals surface area contributed by atoms with E-state index in [0.717, 1.165) is 30.4 Å². The highest BCUT2D eigenvalue weighted by atomic mass is 19.1. The largest absolute Gasteiger partial charge is 0.390 e. The van der Waals surface area contributed by atoms with Gasteiger partial charge in [-0.25, -0.2) is 9.37 Å². The average Bonchev–Trinajstić information content (AvgIpc) is 3.07. The molecule has 0 aromatic carbocycles. The van der Waals surface area contributed by atoms with Gasteiger partial charge < -0.3 is 15.3 Å². The highest BCUT2D eigenvalue weighted by Gasteiger charge is 2.34. The number of nitrogens with zero attached hydrogens (tertiary/aromatic N) is 4. The molecule has 27 heavy (non-hydrogen) atoms. The van der Waals surface area contributed by atoms with E-state index in [0.29, 0.717) is 17.8 Å². The van der Waals surface area contributed by atoms with E-state index in [-0.39, 0.29) is 11.5 Å². The third kappa shape index (κ3) is 3.76. The monoisotopic (exact) mass is 374 g/mol. The quantitative estimate of drug-likeness (QED) is 0.744. The van der Waals surface area contributed by atoms with Crippen LogP contribution in [0.2, 0.25) is 0 Å². The number of hydrogen-bond acceptors (Lipinski definition) is 6. The first-order valence-corrected chi connectivity index (χ1v) is 9.72. The molecule has 2 aliphatic carbocycles. The number of nitrogens with one attached hydrogen (secondary N) is 2. The topological polar surface area (TPSA) is 90.0 Å². The van der Waals surface area contributed by atoms with Crippen molar-refractivity contribution in [2.45, 2.75) is 58.1 Å². The average molecular weight is 374 g/mol. The highest BCUT2D eigenvalue weighted by Crippen LogP contribution is 2.41. The highest BCUT2D eigenvalue weighted by molar-refractivity contribution is 5.55. The van der Waals surface area contributed by atoms with Gasteiger partial charge in [0, 0.05) is 24.8 Å². The first kappa shape index (κ1) is 18.2. The summed E-state index contributed by atoms with van der Waals surface area (Å²) in [5.74, 6) is 1.86. The van der Waals surface area contributed by atoms with Crippen molar-refractivity contribution in [2.24, 2.45) is 11.8 Å². The molecule has 2 bridgehead atoms. The lowest BCUT2D eigenvalue weighted by Crippen LogP contribution is -2.41. The molecular weight excluding hydrogens is 347 g/mol. The second kappa shape index (κ2) is 7.42. The smallest absolute Gasteiger partial charge is 0.227 e. The molecule has 2 fully saturated rings. The number of hydrogen-bond donors (Lipinski definition) is 3. The van der Waals surface area contributed by atoms with Crippen molar-refractivity contribution in [1.29, 1.82) is 0 Å². The number of fused-ring (bicyclic) bond motifs is 2. The maximum absolute atomic E-state index is 14.6. The zero-order chi connectivity index (χ0) is 19.0. The fourth-order valence-electron chi connectivity index (χ4n) is 4.61. The summed E-state index contributed by atoms with van der Waals surface area (Å²) < 4.78 is 14.6. The summed E-state index contributed by atoms with van der Waals surface area (Å²) in [5.41, 5.74) is 0.859. The molecule has 0 spiro atoms. The van der Waals surface area contributed by atoms with Gasteiger partial charge in [0.1, 0.15) is 5.69 Å². The van der Waals surface area contributed by atoms with Crippen LogP contribution in [-0.2, 0) is 6.61 Å². The Hall–Kier alpha value is -2.22. The zero-order valence-electron chi connectivity index (χ0n) is 15.9. The summed E-state index contributed by atoms with van der Waals surface area (Å²) in [6.45, 7) is 1.40. The van der Waals surface area contributed by atoms with Crippen LogP contribution in [0, 0.1) is 24.6 Å². The van der Waals surface area contributed by atoms with Crippen molar-refractivity contribution < 1.29 is 9.50 Å². The summed E-state index contributed by atoms with van der Waals surface area (Å²) in [6, 6.07) is 2.12. The minimum atomic E-state index is -0.643. The summed E-state index contributed by atoms with van der Waals surface area (Å²) >= 11 is 0. The number of aliphatic hydroxyl groups excluding tert-OH is 1. The molecule has 2 saturated carbocycles. The number of aromatic amines is 1. The first-order chi connectivity index (χ1) is 13.0. The summed E-state index contributed by atoms with van der Waals surface area (Å²) in [4.78, 5) is 10.8. The van der Waals surface area contributed by atoms with Crippen LogP contribution in [0.4, 0.5) is 22.0 Å². The molecule has 8 heteroatoms. The van der Waals surface area contributed by atoms with E-state index in [9.17, 15) is 9.50 Å². The maximum atomic E-state index is 14.6. The molecule has 146 valence electrons. The second-order valence-corrected chi connectivity index (χ2v) is 7.99. The van der Waals surface area contributed by atoms with E-state index in [1.807, 2.05) is 14.0 Å². The molecule has 0 radical (unpaired) electrons. The van der Waals surface area contributed by atoms with Crippen LogP contribution in [0.3, 0.4) is 0 Å². The van der Waals surface area contributed by atoms with Gasteiger partial charge in [-0.1, -0.05) is 19.3 Å². The van der Waals surface area contributed by atoms with Gasteiger partial charge in [0.25, 0.3) is 0 Å². The van der Waals surface area contributed by atoms with Crippen molar-refractivity contribution in [3.05, 3.63) is 23.3 Å². The number of rotatable bonds is 5. The Kier molecular flexibility index (Phi) is 4.99. The molecule has 4 rings (SSSR count). The van der Waals surface area contributed by atoms with Gasteiger partial charge >= 0.3 is 0 Å². The van der Waals surface area contributed by atoms with Crippen molar-refractivity contribution in [2.75, 3.05) is 17.3 Å². The number of H-pyrrole nitrogens is 1. The predicted molar refractivity (Wildman–Crippen MR) is 101 cm³/mol. The Balaban J connectivity index is 1.60. The third-order valence-corrected chi connectivity index (χ3v) is 5.98. The minimum Gasteiger partial charge on any atom is -0.390 e. The first-order valence-electron chi connectivity index (χ1n) is 9.72. The van der Waals surface area contributed by atoms with Crippen LogP contribution in [0.1, 0.15) is 49.9 Å². The number of halogens is 1. The minimum absolute atomic E-state index is 0.00221. The van der Waals surface area contributed by atoms with Crippen LogP contribution in [0.5, 0.6) is 0 Å². The normalized spacial score (nSPS) is 24.7. The zero-order valence-corrected chi connectivity index (χ0v) is 15.9.